The minimum absolute atomic E-state index is 0.148. The number of methoxy groups -OCH3 is 1. The molecule has 0 spiro atoms. The number of quaternary nitrogens is 1. The largest absolute Gasteiger partial charge is 0.495 e. The van der Waals surface area contributed by atoms with E-state index in [-0.39, 0.29) is 5.91 Å². The number of rotatable bonds is 8. The summed E-state index contributed by atoms with van der Waals surface area (Å²) in [6.07, 6.45) is 1.02. The quantitative estimate of drug-likeness (QED) is 0.731. The third kappa shape index (κ3) is 5.26. The molecule has 5 nitrogen and oxygen atoms in total. The summed E-state index contributed by atoms with van der Waals surface area (Å²) < 4.78 is 5.48. The van der Waals surface area contributed by atoms with Crippen LogP contribution >= 0.6 is 0 Å². The molecule has 0 radical (unpaired) electrons. The molecule has 0 aliphatic carbocycles. The SMILES string of the molecule is CC[C@H](CNC(=O)C[NH+]1CCN(c2ccccc2OC)CC1)c1ccccc1. The molecule has 1 aliphatic rings. The summed E-state index contributed by atoms with van der Waals surface area (Å²) in [4.78, 5) is 16.1. The Morgan fingerprint density at radius 2 is 1.79 bits per heavy atom. The van der Waals surface area contributed by atoms with E-state index < -0.39 is 0 Å². The van der Waals surface area contributed by atoms with Gasteiger partial charge in [0.1, 0.15) is 5.75 Å². The first-order chi connectivity index (χ1) is 13.7. The molecule has 1 heterocycles. The summed E-state index contributed by atoms with van der Waals surface area (Å²) in [5.74, 6) is 1.44. The van der Waals surface area contributed by atoms with Crippen LogP contribution in [0.4, 0.5) is 5.69 Å². The number of piperazine rings is 1. The molecule has 0 aromatic heterocycles. The Morgan fingerprint density at radius 1 is 1.11 bits per heavy atom. The van der Waals surface area contributed by atoms with E-state index >= 15 is 0 Å². The van der Waals surface area contributed by atoms with Crippen LogP contribution in [0.15, 0.2) is 54.6 Å². The lowest BCUT2D eigenvalue weighted by Crippen LogP contribution is -3.16. The molecule has 0 bridgehead atoms. The zero-order chi connectivity index (χ0) is 19.8. The molecule has 1 saturated heterocycles. The Bertz CT molecular complexity index is 743. The number of amides is 1. The molecule has 1 amide bonds. The van der Waals surface area contributed by atoms with Crippen LogP contribution in [0.3, 0.4) is 0 Å². The van der Waals surface area contributed by atoms with Gasteiger partial charge in [-0.05, 0) is 24.1 Å². The summed E-state index contributed by atoms with van der Waals surface area (Å²) in [5.41, 5.74) is 2.44. The highest BCUT2D eigenvalue weighted by atomic mass is 16.5. The third-order valence-corrected chi connectivity index (χ3v) is 5.62. The van der Waals surface area contributed by atoms with Crippen LogP contribution in [0.1, 0.15) is 24.8 Å². The monoisotopic (exact) mass is 382 g/mol. The lowest BCUT2D eigenvalue weighted by molar-refractivity contribution is -0.892. The molecular weight excluding hydrogens is 350 g/mol. The number of nitrogens with zero attached hydrogens (tertiary/aromatic N) is 1. The Morgan fingerprint density at radius 3 is 2.46 bits per heavy atom. The smallest absolute Gasteiger partial charge is 0.275 e. The highest BCUT2D eigenvalue weighted by Gasteiger charge is 2.24. The summed E-state index contributed by atoms with van der Waals surface area (Å²) >= 11 is 0. The molecule has 2 N–H and O–H groups in total. The Labute approximate surface area is 168 Å². The second kappa shape index (κ2) is 10.1. The zero-order valence-corrected chi connectivity index (χ0v) is 17.0. The van der Waals surface area contributed by atoms with Crippen molar-refractivity contribution in [3.05, 3.63) is 60.2 Å². The van der Waals surface area contributed by atoms with Gasteiger partial charge in [-0.2, -0.15) is 0 Å². The molecule has 5 heteroatoms. The fraction of sp³-hybridized carbons (Fsp3) is 0.435. The van der Waals surface area contributed by atoms with Crippen LogP contribution in [-0.4, -0.2) is 52.3 Å². The number of benzene rings is 2. The molecule has 28 heavy (non-hydrogen) atoms. The van der Waals surface area contributed by atoms with E-state index in [0.717, 1.165) is 44.0 Å². The summed E-state index contributed by atoms with van der Waals surface area (Å²) in [7, 11) is 1.71. The summed E-state index contributed by atoms with van der Waals surface area (Å²) in [6, 6.07) is 18.6. The molecule has 3 rings (SSSR count). The highest BCUT2D eigenvalue weighted by Crippen LogP contribution is 2.27. The maximum atomic E-state index is 12.4. The van der Waals surface area contributed by atoms with Gasteiger partial charge in [-0.1, -0.05) is 49.4 Å². The molecule has 1 fully saturated rings. The topological polar surface area (TPSA) is 46.0 Å². The second-order valence-corrected chi connectivity index (χ2v) is 7.41. The first-order valence-electron chi connectivity index (χ1n) is 10.2. The van der Waals surface area contributed by atoms with E-state index in [2.05, 4.69) is 47.5 Å². The van der Waals surface area contributed by atoms with Gasteiger partial charge in [-0.3, -0.25) is 4.79 Å². The van der Waals surface area contributed by atoms with Gasteiger partial charge in [-0.25, -0.2) is 0 Å². The minimum Gasteiger partial charge on any atom is -0.495 e. The minimum atomic E-state index is 0.148. The van der Waals surface area contributed by atoms with Crippen LogP contribution in [-0.2, 0) is 4.79 Å². The molecular formula is C23H32N3O2+. The number of carbonyl (C=O) groups is 1. The predicted molar refractivity (Wildman–Crippen MR) is 113 cm³/mol. The van der Waals surface area contributed by atoms with Crippen LogP contribution in [0.5, 0.6) is 5.75 Å². The number of nitrogens with one attached hydrogen (secondary N) is 2. The predicted octanol–water partition coefficient (Wildman–Crippen LogP) is 1.71. The molecule has 150 valence electrons. The molecule has 2 aromatic rings. The fourth-order valence-corrected chi connectivity index (χ4v) is 3.88. The van der Waals surface area contributed by atoms with Gasteiger partial charge in [0.05, 0.1) is 39.0 Å². The lowest BCUT2D eigenvalue weighted by atomic mass is 9.96. The van der Waals surface area contributed by atoms with Crippen LogP contribution in [0.25, 0.3) is 0 Å². The van der Waals surface area contributed by atoms with E-state index in [0.29, 0.717) is 19.0 Å². The van der Waals surface area contributed by atoms with Gasteiger partial charge in [0.25, 0.3) is 5.91 Å². The van der Waals surface area contributed by atoms with E-state index in [1.807, 2.05) is 24.3 Å². The second-order valence-electron chi connectivity index (χ2n) is 7.41. The average molecular weight is 383 g/mol. The molecule has 1 atom stereocenters. The standard InChI is InChI=1S/C23H31N3O2/c1-3-19(20-9-5-4-6-10-20)17-24-23(27)18-25-13-15-26(16-14-25)21-11-7-8-12-22(21)28-2/h4-12,19H,3,13-18H2,1-2H3,(H,24,27)/p+1/t19-/m1/s1. The van der Waals surface area contributed by atoms with Crippen LogP contribution in [0.2, 0.25) is 0 Å². The lowest BCUT2D eigenvalue weighted by Gasteiger charge is -2.34. The van der Waals surface area contributed by atoms with Gasteiger partial charge in [-0.15, -0.1) is 0 Å². The summed E-state index contributed by atoms with van der Waals surface area (Å²) in [6.45, 7) is 7.22. The summed E-state index contributed by atoms with van der Waals surface area (Å²) in [5, 5.41) is 3.15. The van der Waals surface area contributed by atoms with Crippen LogP contribution < -0.4 is 19.9 Å². The Hall–Kier alpha value is -2.53. The number of ether oxygens (including phenoxy) is 1. The van der Waals surface area contributed by atoms with Crippen molar-refractivity contribution in [1.82, 2.24) is 5.32 Å². The van der Waals surface area contributed by atoms with E-state index in [9.17, 15) is 4.79 Å². The number of carbonyl (C=O) groups excluding carboxylic acids is 1. The third-order valence-electron chi connectivity index (χ3n) is 5.62. The molecule has 1 aliphatic heterocycles. The first-order valence-corrected chi connectivity index (χ1v) is 10.2. The number of anilines is 1. The van der Waals surface area contributed by atoms with Gasteiger partial charge < -0.3 is 19.9 Å². The van der Waals surface area contributed by atoms with Crippen molar-refractivity contribution in [2.45, 2.75) is 19.3 Å². The number of para-hydroxylation sites is 2. The number of hydrogen-bond donors (Lipinski definition) is 2. The Balaban J connectivity index is 1.45. The van der Waals surface area contributed by atoms with Crippen molar-refractivity contribution < 1.29 is 14.4 Å². The van der Waals surface area contributed by atoms with Crippen molar-refractivity contribution in [2.75, 3.05) is 51.3 Å². The van der Waals surface area contributed by atoms with Crippen molar-refractivity contribution >= 4 is 11.6 Å². The zero-order valence-electron chi connectivity index (χ0n) is 17.0. The van der Waals surface area contributed by atoms with Crippen molar-refractivity contribution in [2.24, 2.45) is 0 Å². The normalized spacial score (nSPS) is 15.9. The first kappa shape index (κ1) is 20.2. The Kier molecular flexibility index (Phi) is 7.31. The highest BCUT2D eigenvalue weighted by molar-refractivity contribution is 5.76. The maximum absolute atomic E-state index is 12.4. The fourth-order valence-electron chi connectivity index (χ4n) is 3.88. The van der Waals surface area contributed by atoms with Crippen molar-refractivity contribution in [3.63, 3.8) is 0 Å². The van der Waals surface area contributed by atoms with Crippen molar-refractivity contribution in [1.29, 1.82) is 0 Å². The molecule has 2 aromatic carbocycles. The van der Waals surface area contributed by atoms with Gasteiger partial charge in [0.2, 0.25) is 0 Å². The van der Waals surface area contributed by atoms with E-state index in [1.165, 1.54) is 10.5 Å². The molecule has 0 saturated carbocycles. The van der Waals surface area contributed by atoms with Gasteiger partial charge in [0, 0.05) is 12.5 Å². The molecule has 0 unspecified atom stereocenters. The number of hydrogen-bond acceptors (Lipinski definition) is 3. The van der Waals surface area contributed by atoms with E-state index in [1.54, 1.807) is 7.11 Å². The van der Waals surface area contributed by atoms with E-state index in [4.69, 9.17) is 4.74 Å². The average Bonchev–Trinajstić information content (AvgIpc) is 2.75. The van der Waals surface area contributed by atoms with Gasteiger partial charge in [0.15, 0.2) is 6.54 Å². The van der Waals surface area contributed by atoms with Gasteiger partial charge >= 0.3 is 0 Å². The maximum Gasteiger partial charge on any atom is 0.275 e. The van der Waals surface area contributed by atoms with Crippen molar-refractivity contribution in [3.8, 4) is 5.75 Å². The van der Waals surface area contributed by atoms with Crippen LogP contribution in [0, 0.1) is 0 Å².